The normalized spacial score (nSPS) is 16.0. The van der Waals surface area contributed by atoms with E-state index in [-0.39, 0.29) is 0 Å². The molecule has 0 spiro atoms. The van der Waals surface area contributed by atoms with E-state index in [9.17, 15) is 0 Å². The summed E-state index contributed by atoms with van der Waals surface area (Å²) in [5, 5.41) is 7.80. The molecule has 1 heterocycles. The molecule has 2 aromatic rings. The molecule has 1 saturated carbocycles. The second-order valence-corrected chi connectivity index (χ2v) is 6.83. The van der Waals surface area contributed by atoms with Gasteiger partial charge in [-0.3, -0.25) is 4.68 Å². The van der Waals surface area contributed by atoms with Crippen LogP contribution in [0.15, 0.2) is 41.5 Å². The Hall–Kier alpha value is -2.30. The van der Waals surface area contributed by atoms with E-state index in [4.69, 9.17) is 5.73 Å². The van der Waals surface area contributed by atoms with Crippen LogP contribution in [-0.4, -0.2) is 15.7 Å². The van der Waals surface area contributed by atoms with Gasteiger partial charge < -0.3 is 11.1 Å². The van der Waals surface area contributed by atoms with E-state index in [0.717, 1.165) is 11.4 Å². The number of aromatic nitrogens is 2. The van der Waals surface area contributed by atoms with Crippen LogP contribution in [0.1, 0.15) is 62.7 Å². The molecule has 24 heavy (non-hydrogen) atoms. The molecule has 1 aromatic heterocycles. The molecule has 1 aromatic carbocycles. The van der Waals surface area contributed by atoms with Crippen LogP contribution >= 0.6 is 0 Å². The Morgan fingerprint density at radius 1 is 1.33 bits per heavy atom. The number of hydrogen-bond donors (Lipinski definition) is 2. The van der Waals surface area contributed by atoms with Crippen LogP contribution in [0.25, 0.3) is 0 Å². The first-order valence-electron chi connectivity index (χ1n) is 8.83. The highest BCUT2D eigenvalue weighted by Crippen LogP contribution is 2.28. The lowest BCUT2D eigenvalue weighted by atomic mass is 10.0. The lowest BCUT2D eigenvalue weighted by molar-refractivity contribution is 0.463. The molecule has 0 radical (unpaired) electrons. The molecule has 3 N–H and O–H groups in total. The number of rotatable bonds is 5. The summed E-state index contributed by atoms with van der Waals surface area (Å²) in [6.07, 6.45) is 7.16. The highest BCUT2D eigenvalue weighted by Gasteiger charge is 2.17. The van der Waals surface area contributed by atoms with E-state index in [1.807, 2.05) is 18.2 Å². The fourth-order valence-electron chi connectivity index (χ4n) is 3.16. The minimum Gasteiger partial charge on any atom is -0.370 e. The minimum absolute atomic E-state index is 0.423. The van der Waals surface area contributed by atoms with Gasteiger partial charge in [0.2, 0.25) is 0 Å². The van der Waals surface area contributed by atoms with Crippen molar-refractivity contribution in [3.63, 3.8) is 0 Å². The van der Waals surface area contributed by atoms with Crippen LogP contribution in [0.3, 0.4) is 0 Å². The molecule has 0 unspecified atom stereocenters. The summed E-state index contributed by atoms with van der Waals surface area (Å²) in [6, 6.07) is 10.9. The fraction of sp³-hybridized carbons (Fsp3) is 0.474. The molecular weight excluding hydrogens is 298 g/mol. The molecule has 1 fully saturated rings. The Kier molecular flexibility index (Phi) is 5.18. The van der Waals surface area contributed by atoms with E-state index >= 15 is 0 Å². The minimum atomic E-state index is 0.423. The first-order valence-corrected chi connectivity index (χ1v) is 8.83. The third kappa shape index (κ3) is 4.16. The Bertz CT molecular complexity index is 695. The third-order valence-corrected chi connectivity index (χ3v) is 4.60. The maximum atomic E-state index is 6.01. The monoisotopic (exact) mass is 325 g/mol. The highest BCUT2D eigenvalue weighted by atomic mass is 15.3. The highest BCUT2D eigenvalue weighted by molar-refractivity contribution is 5.92. The van der Waals surface area contributed by atoms with Gasteiger partial charge in [-0.2, -0.15) is 5.10 Å². The van der Waals surface area contributed by atoms with Gasteiger partial charge in [-0.25, -0.2) is 4.99 Å². The van der Waals surface area contributed by atoms with Gasteiger partial charge in [0, 0.05) is 11.9 Å². The molecule has 5 nitrogen and oxygen atoms in total. The van der Waals surface area contributed by atoms with Crippen molar-refractivity contribution in [1.29, 1.82) is 0 Å². The predicted octanol–water partition coefficient (Wildman–Crippen LogP) is 4.05. The number of anilines is 1. The standard InChI is InChI=1S/C19H27N5/c1-14(2)15-6-5-7-16(12-15)22-19(20)21-13-17-10-11-24(23-17)18-8-3-4-9-18/h5-7,10-12,14,18H,3-4,8-9,13H2,1-2H3,(H3,20,21,22). The summed E-state index contributed by atoms with van der Waals surface area (Å²) >= 11 is 0. The molecule has 1 aliphatic carbocycles. The van der Waals surface area contributed by atoms with E-state index in [1.54, 1.807) is 0 Å². The molecule has 0 atom stereocenters. The maximum absolute atomic E-state index is 6.01. The topological polar surface area (TPSA) is 68.2 Å². The van der Waals surface area contributed by atoms with Crippen molar-refractivity contribution in [2.75, 3.05) is 5.32 Å². The second-order valence-electron chi connectivity index (χ2n) is 6.83. The largest absolute Gasteiger partial charge is 0.370 e. The lowest BCUT2D eigenvalue weighted by Crippen LogP contribution is -2.22. The van der Waals surface area contributed by atoms with Crippen LogP contribution in [0.4, 0.5) is 5.69 Å². The zero-order valence-electron chi connectivity index (χ0n) is 14.6. The number of nitrogens with one attached hydrogen (secondary N) is 1. The van der Waals surface area contributed by atoms with Gasteiger partial charge in [0.1, 0.15) is 0 Å². The molecule has 5 heteroatoms. The zero-order valence-corrected chi connectivity index (χ0v) is 14.6. The first kappa shape index (κ1) is 16.6. The van der Waals surface area contributed by atoms with Crippen molar-refractivity contribution in [2.45, 2.75) is 58.0 Å². The van der Waals surface area contributed by atoms with Crippen LogP contribution in [0.5, 0.6) is 0 Å². The third-order valence-electron chi connectivity index (χ3n) is 4.60. The Morgan fingerprint density at radius 2 is 2.12 bits per heavy atom. The van der Waals surface area contributed by atoms with Gasteiger partial charge in [0.05, 0.1) is 18.3 Å². The van der Waals surface area contributed by atoms with Crippen LogP contribution in [0.2, 0.25) is 0 Å². The van der Waals surface area contributed by atoms with Crippen molar-refractivity contribution in [1.82, 2.24) is 9.78 Å². The summed E-state index contributed by atoms with van der Waals surface area (Å²) in [4.78, 5) is 4.41. The number of hydrogen-bond acceptors (Lipinski definition) is 2. The summed E-state index contributed by atoms with van der Waals surface area (Å²) < 4.78 is 2.09. The van der Waals surface area contributed by atoms with Crippen molar-refractivity contribution in [3.05, 3.63) is 47.8 Å². The molecular formula is C19H27N5. The van der Waals surface area contributed by atoms with E-state index in [1.165, 1.54) is 31.2 Å². The van der Waals surface area contributed by atoms with Crippen molar-refractivity contribution in [2.24, 2.45) is 10.7 Å². The van der Waals surface area contributed by atoms with Crippen LogP contribution in [0, 0.1) is 0 Å². The van der Waals surface area contributed by atoms with E-state index < -0.39 is 0 Å². The molecule has 0 saturated heterocycles. The molecule has 0 amide bonds. The van der Waals surface area contributed by atoms with Gasteiger partial charge in [-0.15, -0.1) is 0 Å². The van der Waals surface area contributed by atoms with Gasteiger partial charge in [0.25, 0.3) is 0 Å². The van der Waals surface area contributed by atoms with Crippen LogP contribution < -0.4 is 11.1 Å². The van der Waals surface area contributed by atoms with E-state index in [2.05, 4.69) is 52.3 Å². The van der Waals surface area contributed by atoms with Crippen LogP contribution in [-0.2, 0) is 6.54 Å². The number of aliphatic imine (C=N–C) groups is 1. The average molecular weight is 325 g/mol. The number of nitrogens with zero attached hydrogens (tertiary/aromatic N) is 3. The fourth-order valence-corrected chi connectivity index (χ4v) is 3.16. The van der Waals surface area contributed by atoms with Crippen molar-refractivity contribution >= 4 is 11.6 Å². The SMILES string of the molecule is CC(C)c1cccc(NC(N)=NCc2ccn(C3CCCC3)n2)c1. The van der Waals surface area contributed by atoms with E-state index in [0.29, 0.717) is 24.5 Å². The lowest BCUT2D eigenvalue weighted by Gasteiger charge is -2.10. The van der Waals surface area contributed by atoms with Gasteiger partial charge in [0.15, 0.2) is 5.96 Å². The summed E-state index contributed by atoms with van der Waals surface area (Å²) in [5.41, 5.74) is 9.23. The summed E-state index contributed by atoms with van der Waals surface area (Å²) in [7, 11) is 0. The Labute approximate surface area is 144 Å². The number of guanidine groups is 1. The maximum Gasteiger partial charge on any atom is 0.193 e. The molecule has 1 aliphatic rings. The molecule has 128 valence electrons. The Morgan fingerprint density at radius 3 is 2.88 bits per heavy atom. The summed E-state index contributed by atoms with van der Waals surface area (Å²) in [6.45, 7) is 4.86. The summed E-state index contributed by atoms with van der Waals surface area (Å²) in [5.74, 6) is 0.913. The van der Waals surface area contributed by atoms with Gasteiger partial charge >= 0.3 is 0 Å². The van der Waals surface area contributed by atoms with Crippen molar-refractivity contribution < 1.29 is 0 Å². The average Bonchev–Trinajstić information content (AvgIpc) is 3.24. The zero-order chi connectivity index (χ0) is 16.9. The molecule has 0 bridgehead atoms. The second kappa shape index (κ2) is 7.51. The quantitative estimate of drug-likeness (QED) is 0.644. The molecule has 3 rings (SSSR count). The number of nitrogens with two attached hydrogens (primary N) is 1. The van der Waals surface area contributed by atoms with Gasteiger partial charge in [-0.1, -0.05) is 38.8 Å². The predicted molar refractivity (Wildman–Crippen MR) is 99.2 cm³/mol. The Balaban J connectivity index is 1.59. The van der Waals surface area contributed by atoms with Gasteiger partial charge in [-0.05, 0) is 42.5 Å². The number of benzene rings is 1. The first-order chi connectivity index (χ1) is 11.6. The smallest absolute Gasteiger partial charge is 0.193 e. The molecule has 0 aliphatic heterocycles. The van der Waals surface area contributed by atoms with Crippen molar-refractivity contribution in [3.8, 4) is 0 Å².